The normalized spacial score (nSPS) is 12.2. The fourth-order valence-corrected chi connectivity index (χ4v) is 2.51. The monoisotopic (exact) mass is 408 g/mol. The van der Waals surface area contributed by atoms with Crippen molar-refractivity contribution < 1.29 is 19.0 Å². The second-order valence-electron chi connectivity index (χ2n) is 8.21. The van der Waals surface area contributed by atoms with Gasteiger partial charge in [0.25, 0.3) is 0 Å². The first-order chi connectivity index (χ1) is 13.5. The number of guanidine groups is 1. The lowest BCUT2D eigenvalue weighted by atomic mass is 10.1. The molecule has 0 saturated carbocycles. The lowest BCUT2D eigenvalue weighted by molar-refractivity contribution is 0.0474. The van der Waals surface area contributed by atoms with Crippen LogP contribution in [-0.4, -0.2) is 50.5 Å². The lowest BCUT2D eigenvalue weighted by Gasteiger charge is -2.29. The van der Waals surface area contributed by atoms with Crippen molar-refractivity contribution in [3.8, 4) is 11.5 Å². The molecule has 1 amide bonds. The van der Waals surface area contributed by atoms with E-state index in [-0.39, 0.29) is 0 Å². The third-order valence-corrected chi connectivity index (χ3v) is 3.77. The predicted octanol–water partition coefficient (Wildman–Crippen LogP) is 3.06. The highest BCUT2D eigenvalue weighted by Gasteiger charge is 2.24. The number of hydrogen-bond donors (Lipinski definition) is 3. The summed E-state index contributed by atoms with van der Waals surface area (Å²) in [6.45, 7) is 12.9. The van der Waals surface area contributed by atoms with Crippen LogP contribution in [0.3, 0.4) is 0 Å². The van der Waals surface area contributed by atoms with E-state index in [0.717, 1.165) is 5.56 Å². The molecule has 0 unspecified atom stereocenters. The van der Waals surface area contributed by atoms with E-state index in [1.54, 1.807) is 14.2 Å². The van der Waals surface area contributed by atoms with Crippen LogP contribution in [0.2, 0.25) is 0 Å². The molecule has 29 heavy (non-hydrogen) atoms. The first kappa shape index (κ1) is 24.4. The van der Waals surface area contributed by atoms with Gasteiger partial charge in [-0.15, -0.1) is 0 Å². The molecule has 0 saturated heterocycles. The number of rotatable bonds is 8. The van der Waals surface area contributed by atoms with Gasteiger partial charge in [-0.1, -0.05) is 12.1 Å². The molecule has 1 rings (SSSR count). The summed E-state index contributed by atoms with van der Waals surface area (Å²) in [4.78, 5) is 16.7. The van der Waals surface area contributed by atoms with Crippen molar-refractivity contribution in [2.75, 3.05) is 27.3 Å². The Kier molecular flexibility index (Phi) is 9.07. The summed E-state index contributed by atoms with van der Waals surface area (Å²) in [6, 6.07) is 5.70. The molecule has 8 nitrogen and oxygen atoms in total. The van der Waals surface area contributed by atoms with E-state index in [2.05, 4.69) is 20.9 Å². The molecule has 1 aromatic carbocycles. The third kappa shape index (κ3) is 8.93. The highest BCUT2D eigenvalue weighted by molar-refractivity contribution is 5.80. The number of nitrogens with one attached hydrogen (secondary N) is 3. The molecule has 1 aromatic rings. The number of methoxy groups -OCH3 is 2. The smallest absolute Gasteiger partial charge is 0.408 e. The molecule has 0 aliphatic carbocycles. The SMILES string of the molecule is CCNC(=NCc1cccc(OC)c1OC)NCC(C)(C)NC(=O)OC(C)(C)C. The van der Waals surface area contributed by atoms with Gasteiger partial charge in [-0.3, -0.25) is 0 Å². The van der Waals surface area contributed by atoms with Crippen molar-refractivity contribution in [2.24, 2.45) is 4.99 Å². The fraction of sp³-hybridized carbons (Fsp3) is 0.619. The van der Waals surface area contributed by atoms with Crippen LogP contribution in [0.25, 0.3) is 0 Å². The van der Waals surface area contributed by atoms with E-state index in [1.165, 1.54) is 0 Å². The van der Waals surface area contributed by atoms with Crippen LogP contribution < -0.4 is 25.4 Å². The quantitative estimate of drug-likeness (QED) is 0.452. The molecular formula is C21H36N4O4. The molecule has 3 N–H and O–H groups in total. The molecule has 0 aliphatic heterocycles. The Morgan fingerprint density at radius 2 is 1.76 bits per heavy atom. The minimum Gasteiger partial charge on any atom is -0.493 e. The van der Waals surface area contributed by atoms with Gasteiger partial charge in [0.05, 0.1) is 26.3 Å². The Labute approximate surface area is 174 Å². The second kappa shape index (κ2) is 10.8. The van der Waals surface area contributed by atoms with Gasteiger partial charge in [0.15, 0.2) is 17.5 Å². The zero-order valence-corrected chi connectivity index (χ0v) is 18.9. The largest absolute Gasteiger partial charge is 0.493 e. The van der Waals surface area contributed by atoms with Crippen molar-refractivity contribution in [2.45, 2.75) is 59.2 Å². The standard InChI is InChI=1S/C21H36N4O4/c1-9-22-18(23-13-15-11-10-12-16(27-7)17(15)28-8)24-14-21(5,6)25-19(26)29-20(2,3)4/h10-12H,9,13-14H2,1-8H3,(H,25,26)(H2,22,23,24). The maximum absolute atomic E-state index is 12.1. The van der Waals surface area contributed by atoms with Gasteiger partial charge in [0, 0.05) is 18.7 Å². The highest BCUT2D eigenvalue weighted by atomic mass is 16.6. The Hall–Kier alpha value is -2.64. The Morgan fingerprint density at radius 3 is 2.31 bits per heavy atom. The number of ether oxygens (including phenoxy) is 3. The van der Waals surface area contributed by atoms with Crippen LogP contribution in [0, 0.1) is 0 Å². The van der Waals surface area contributed by atoms with Crippen molar-refractivity contribution in [1.82, 2.24) is 16.0 Å². The molecule has 0 radical (unpaired) electrons. The van der Waals surface area contributed by atoms with Crippen LogP contribution in [0.1, 0.15) is 47.1 Å². The Balaban J connectivity index is 2.79. The summed E-state index contributed by atoms with van der Waals surface area (Å²) in [5.41, 5.74) is -0.165. The molecule has 0 aromatic heterocycles. The molecule has 0 heterocycles. The number of alkyl carbamates (subject to hydrolysis) is 1. The topological polar surface area (TPSA) is 93.2 Å². The first-order valence-electron chi connectivity index (χ1n) is 9.74. The number of hydrogen-bond acceptors (Lipinski definition) is 5. The van der Waals surface area contributed by atoms with Crippen molar-refractivity contribution in [1.29, 1.82) is 0 Å². The van der Waals surface area contributed by atoms with Gasteiger partial charge in [-0.05, 0) is 47.6 Å². The van der Waals surface area contributed by atoms with E-state index in [9.17, 15) is 4.79 Å². The third-order valence-electron chi connectivity index (χ3n) is 3.77. The first-order valence-corrected chi connectivity index (χ1v) is 9.74. The van der Waals surface area contributed by atoms with Gasteiger partial charge < -0.3 is 30.2 Å². The average Bonchev–Trinajstić information content (AvgIpc) is 2.61. The second-order valence-corrected chi connectivity index (χ2v) is 8.21. The summed E-state index contributed by atoms with van der Waals surface area (Å²) in [6.07, 6.45) is -0.452. The van der Waals surface area contributed by atoms with Crippen LogP contribution >= 0.6 is 0 Å². The van der Waals surface area contributed by atoms with Crippen molar-refractivity contribution >= 4 is 12.1 Å². The number of carbonyl (C=O) groups is 1. The number of aliphatic imine (C=N–C) groups is 1. The van der Waals surface area contributed by atoms with Crippen LogP contribution in [-0.2, 0) is 11.3 Å². The van der Waals surface area contributed by atoms with Crippen molar-refractivity contribution in [3.63, 3.8) is 0 Å². The summed E-state index contributed by atoms with van der Waals surface area (Å²) >= 11 is 0. The van der Waals surface area contributed by atoms with Crippen LogP contribution in [0.15, 0.2) is 23.2 Å². The Morgan fingerprint density at radius 1 is 1.07 bits per heavy atom. The van der Waals surface area contributed by atoms with E-state index in [1.807, 2.05) is 59.7 Å². The molecular weight excluding hydrogens is 372 g/mol. The zero-order chi connectivity index (χ0) is 22.1. The number of benzene rings is 1. The lowest BCUT2D eigenvalue weighted by Crippen LogP contribution is -2.54. The van der Waals surface area contributed by atoms with E-state index >= 15 is 0 Å². The maximum Gasteiger partial charge on any atom is 0.408 e. The minimum absolute atomic E-state index is 0.412. The molecule has 0 spiro atoms. The summed E-state index contributed by atoms with van der Waals surface area (Å²) < 4.78 is 16.1. The van der Waals surface area contributed by atoms with Gasteiger partial charge in [0.2, 0.25) is 0 Å². The highest BCUT2D eigenvalue weighted by Crippen LogP contribution is 2.31. The van der Waals surface area contributed by atoms with E-state index < -0.39 is 17.2 Å². The summed E-state index contributed by atoms with van der Waals surface area (Å²) in [5, 5.41) is 9.34. The zero-order valence-electron chi connectivity index (χ0n) is 18.9. The van der Waals surface area contributed by atoms with Gasteiger partial charge >= 0.3 is 6.09 Å². The fourth-order valence-electron chi connectivity index (χ4n) is 2.51. The molecule has 8 heteroatoms. The van der Waals surface area contributed by atoms with E-state index in [0.29, 0.717) is 37.1 Å². The minimum atomic E-state index is -0.542. The van der Waals surface area contributed by atoms with Crippen molar-refractivity contribution in [3.05, 3.63) is 23.8 Å². The van der Waals surface area contributed by atoms with E-state index in [4.69, 9.17) is 14.2 Å². The molecule has 164 valence electrons. The van der Waals surface area contributed by atoms with Crippen LogP contribution in [0.4, 0.5) is 4.79 Å². The number of nitrogens with zero attached hydrogens (tertiary/aromatic N) is 1. The average molecular weight is 409 g/mol. The molecule has 0 aliphatic rings. The van der Waals surface area contributed by atoms with Crippen LogP contribution in [0.5, 0.6) is 11.5 Å². The number of para-hydroxylation sites is 1. The summed E-state index contributed by atoms with van der Waals surface area (Å²) in [5.74, 6) is 1.97. The number of carbonyl (C=O) groups excluding carboxylic acids is 1. The van der Waals surface area contributed by atoms with Gasteiger partial charge in [-0.25, -0.2) is 9.79 Å². The Bertz CT molecular complexity index is 696. The predicted molar refractivity (Wildman–Crippen MR) is 116 cm³/mol. The molecule has 0 atom stereocenters. The molecule has 0 bridgehead atoms. The van der Waals surface area contributed by atoms with Gasteiger partial charge in [0.1, 0.15) is 5.60 Å². The number of amides is 1. The molecule has 0 fully saturated rings. The summed E-state index contributed by atoms with van der Waals surface area (Å²) in [7, 11) is 3.22. The maximum atomic E-state index is 12.1. The van der Waals surface area contributed by atoms with Gasteiger partial charge in [-0.2, -0.15) is 0 Å².